The third-order valence-corrected chi connectivity index (χ3v) is 5.19. The topological polar surface area (TPSA) is 55.4 Å². The highest BCUT2D eigenvalue weighted by Gasteiger charge is 2.21. The lowest BCUT2D eigenvalue weighted by Crippen LogP contribution is -2.04. The van der Waals surface area contributed by atoms with Gasteiger partial charge in [-0.15, -0.1) is 0 Å². The van der Waals surface area contributed by atoms with Crippen LogP contribution in [-0.4, -0.2) is 42.7 Å². The van der Waals surface area contributed by atoms with Crippen molar-refractivity contribution < 1.29 is 28.4 Å². The Morgan fingerprint density at radius 2 is 1.10 bits per heavy atom. The van der Waals surface area contributed by atoms with Crippen LogP contribution in [0.3, 0.4) is 0 Å². The van der Waals surface area contributed by atoms with E-state index in [9.17, 15) is 0 Å². The number of rotatable bonds is 10. The lowest BCUT2D eigenvalue weighted by molar-refractivity contribution is 0.346. The van der Waals surface area contributed by atoms with Gasteiger partial charge in [0.15, 0.2) is 23.0 Å². The maximum atomic E-state index is 5.66. The Morgan fingerprint density at radius 3 is 1.57 bits per heavy atom. The van der Waals surface area contributed by atoms with E-state index in [1.54, 1.807) is 42.7 Å². The molecule has 0 saturated carbocycles. The van der Waals surface area contributed by atoms with Gasteiger partial charge in [0, 0.05) is 29.2 Å². The number of hydrogen-bond donors (Lipinski definition) is 0. The molecular formula is C24H32O6. The summed E-state index contributed by atoms with van der Waals surface area (Å²) in [6.07, 6.45) is 2.98. The summed E-state index contributed by atoms with van der Waals surface area (Å²) in [6, 6.07) is 7.59. The van der Waals surface area contributed by atoms with Crippen LogP contribution in [0.25, 0.3) is 6.08 Å². The van der Waals surface area contributed by atoms with Gasteiger partial charge in [0.25, 0.3) is 0 Å². The highest BCUT2D eigenvalue weighted by Crippen LogP contribution is 2.43. The second-order valence-electron chi connectivity index (χ2n) is 6.75. The van der Waals surface area contributed by atoms with E-state index in [1.165, 1.54) is 0 Å². The molecule has 0 aromatic heterocycles. The molecule has 2 rings (SSSR count). The molecule has 0 saturated heterocycles. The van der Waals surface area contributed by atoms with Gasteiger partial charge in [0.1, 0.15) is 11.5 Å². The Labute approximate surface area is 179 Å². The van der Waals surface area contributed by atoms with E-state index < -0.39 is 0 Å². The van der Waals surface area contributed by atoms with Crippen molar-refractivity contribution in [1.82, 2.24) is 0 Å². The van der Waals surface area contributed by atoms with Crippen molar-refractivity contribution in [3.63, 3.8) is 0 Å². The third-order valence-electron chi connectivity index (χ3n) is 5.19. The summed E-state index contributed by atoms with van der Waals surface area (Å²) in [5.41, 5.74) is 3.09. The molecule has 30 heavy (non-hydrogen) atoms. The predicted octanol–water partition coefficient (Wildman–Crippen LogP) is 5.34. The normalized spacial score (nSPS) is 12.2. The molecule has 0 unspecified atom stereocenters. The average Bonchev–Trinajstić information content (AvgIpc) is 2.78. The van der Waals surface area contributed by atoms with E-state index in [-0.39, 0.29) is 5.92 Å². The first-order valence-corrected chi connectivity index (χ1v) is 9.75. The average molecular weight is 417 g/mol. The summed E-state index contributed by atoms with van der Waals surface area (Å²) in [4.78, 5) is 0. The Bertz CT molecular complexity index is 888. The van der Waals surface area contributed by atoms with Gasteiger partial charge in [-0.25, -0.2) is 0 Å². The van der Waals surface area contributed by atoms with Gasteiger partial charge in [-0.05, 0) is 25.5 Å². The number of methoxy groups -OCH3 is 6. The predicted molar refractivity (Wildman–Crippen MR) is 119 cm³/mol. The number of benzene rings is 2. The molecular weight excluding hydrogens is 384 g/mol. The molecule has 0 radical (unpaired) electrons. The van der Waals surface area contributed by atoms with E-state index in [2.05, 4.69) is 19.9 Å². The quantitative estimate of drug-likeness (QED) is 0.521. The highest BCUT2D eigenvalue weighted by atomic mass is 16.5. The maximum absolute atomic E-state index is 5.66. The van der Waals surface area contributed by atoms with Crippen molar-refractivity contribution in [3.05, 3.63) is 41.0 Å². The first-order valence-electron chi connectivity index (χ1n) is 9.75. The summed E-state index contributed by atoms with van der Waals surface area (Å²) in [7, 11) is 9.77. The largest absolute Gasteiger partial charge is 0.496 e. The minimum absolute atomic E-state index is 0.109. The zero-order valence-corrected chi connectivity index (χ0v) is 19.1. The van der Waals surface area contributed by atoms with Gasteiger partial charge in [-0.1, -0.05) is 18.6 Å². The molecule has 6 heteroatoms. The van der Waals surface area contributed by atoms with Gasteiger partial charge in [-0.3, -0.25) is 0 Å². The van der Waals surface area contributed by atoms with E-state index in [0.29, 0.717) is 28.7 Å². The van der Waals surface area contributed by atoms with Crippen molar-refractivity contribution >= 4 is 6.08 Å². The second-order valence-corrected chi connectivity index (χ2v) is 6.75. The van der Waals surface area contributed by atoms with Crippen molar-refractivity contribution in [3.8, 4) is 34.5 Å². The van der Waals surface area contributed by atoms with Gasteiger partial charge in [0.05, 0.1) is 42.7 Å². The fourth-order valence-electron chi connectivity index (χ4n) is 3.62. The van der Waals surface area contributed by atoms with Gasteiger partial charge < -0.3 is 28.4 Å². The van der Waals surface area contributed by atoms with Crippen LogP contribution < -0.4 is 28.4 Å². The van der Waals surface area contributed by atoms with Gasteiger partial charge in [-0.2, -0.15) is 0 Å². The van der Waals surface area contributed by atoms with E-state index >= 15 is 0 Å². The lowest BCUT2D eigenvalue weighted by Gasteiger charge is -2.22. The zero-order chi connectivity index (χ0) is 22.3. The molecule has 2 aromatic rings. The fraction of sp³-hybridized carbons (Fsp3) is 0.417. The molecule has 6 nitrogen and oxygen atoms in total. The van der Waals surface area contributed by atoms with Crippen molar-refractivity contribution in [2.24, 2.45) is 0 Å². The Hall–Kier alpha value is -3.02. The molecule has 0 bridgehead atoms. The summed E-state index contributed by atoms with van der Waals surface area (Å²) in [5.74, 6) is 4.15. The Balaban J connectivity index is 2.58. The molecule has 0 aliphatic carbocycles. The second kappa shape index (κ2) is 10.7. The molecule has 0 N–H and O–H groups in total. The molecule has 0 amide bonds. The lowest BCUT2D eigenvalue weighted by atomic mass is 9.87. The Morgan fingerprint density at radius 1 is 0.667 bits per heavy atom. The smallest absolute Gasteiger partial charge is 0.164 e. The van der Waals surface area contributed by atoms with Gasteiger partial charge >= 0.3 is 0 Å². The molecule has 0 aliphatic heterocycles. The Kier molecular flexibility index (Phi) is 8.27. The fourth-order valence-corrected chi connectivity index (χ4v) is 3.62. The van der Waals surface area contributed by atoms with E-state index in [4.69, 9.17) is 28.4 Å². The van der Waals surface area contributed by atoms with Crippen LogP contribution in [0, 0.1) is 0 Å². The summed E-state index contributed by atoms with van der Waals surface area (Å²) < 4.78 is 33.0. The van der Waals surface area contributed by atoms with Crippen LogP contribution in [0.5, 0.6) is 34.5 Å². The minimum atomic E-state index is 0.109. The first kappa shape index (κ1) is 23.3. The number of ether oxygens (including phenoxy) is 6. The molecule has 0 fully saturated rings. The molecule has 0 heterocycles. The van der Waals surface area contributed by atoms with Crippen LogP contribution in [0.2, 0.25) is 0 Å². The van der Waals surface area contributed by atoms with Crippen molar-refractivity contribution in [2.75, 3.05) is 42.7 Å². The number of allylic oxidation sites excluding steroid dienone is 1. The minimum Gasteiger partial charge on any atom is -0.496 e. The summed E-state index contributed by atoms with van der Waals surface area (Å²) in [6.45, 7) is 4.24. The molecule has 1 atom stereocenters. The standard InChI is InChI=1S/C24H32O6/c1-9-17(18-12-22(28-6)24(30-8)14-20(18)26-4)15(2)10-16-11-21(27-5)23(29-7)13-19(16)25-3/h10-14,17H,9H2,1-8H3/t17-/m1/s1. The van der Waals surface area contributed by atoms with Gasteiger partial charge in [0.2, 0.25) is 0 Å². The van der Waals surface area contributed by atoms with Crippen LogP contribution >= 0.6 is 0 Å². The van der Waals surface area contributed by atoms with Crippen LogP contribution in [0.4, 0.5) is 0 Å². The molecule has 164 valence electrons. The molecule has 0 aliphatic rings. The van der Waals surface area contributed by atoms with Crippen LogP contribution in [-0.2, 0) is 0 Å². The summed E-state index contributed by atoms with van der Waals surface area (Å²) in [5, 5.41) is 0. The van der Waals surface area contributed by atoms with E-state index in [0.717, 1.165) is 28.9 Å². The summed E-state index contributed by atoms with van der Waals surface area (Å²) >= 11 is 0. The van der Waals surface area contributed by atoms with E-state index in [1.807, 2.05) is 24.3 Å². The monoisotopic (exact) mass is 416 g/mol. The van der Waals surface area contributed by atoms with Crippen LogP contribution in [0.15, 0.2) is 29.8 Å². The molecule has 2 aromatic carbocycles. The first-order chi connectivity index (χ1) is 14.5. The maximum Gasteiger partial charge on any atom is 0.164 e. The zero-order valence-electron chi connectivity index (χ0n) is 19.1. The number of hydrogen-bond acceptors (Lipinski definition) is 6. The SMILES string of the molecule is CC[C@H](C(C)=Cc1cc(OC)c(OC)cc1OC)c1cc(OC)c(OC)cc1OC. The van der Waals surface area contributed by atoms with Crippen LogP contribution in [0.1, 0.15) is 37.3 Å². The molecule has 0 spiro atoms. The van der Waals surface area contributed by atoms with Crippen molar-refractivity contribution in [1.29, 1.82) is 0 Å². The third kappa shape index (κ3) is 4.75. The highest BCUT2D eigenvalue weighted by molar-refractivity contribution is 5.66. The van der Waals surface area contributed by atoms with Crippen molar-refractivity contribution in [2.45, 2.75) is 26.2 Å².